The molecule has 0 aromatic heterocycles. The third-order valence-corrected chi connectivity index (χ3v) is 6.59. The summed E-state index contributed by atoms with van der Waals surface area (Å²) in [6.07, 6.45) is 7.43. The minimum atomic E-state index is -0.639. The first-order valence-electron chi connectivity index (χ1n) is 11.4. The number of halogens is 1. The molecule has 1 aliphatic carbocycles. The molecule has 5 nitrogen and oxygen atoms in total. The fourth-order valence-electron chi connectivity index (χ4n) is 4.80. The number of unbranched alkanes of at least 4 members (excludes halogenated alkanes) is 1. The van der Waals surface area contributed by atoms with E-state index in [9.17, 15) is 19.1 Å². The summed E-state index contributed by atoms with van der Waals surface area (Å²) < 4.78 is 13.2. The van der Waals surface area contributed by atoms with Gasteiger partial charge in [0.05, 0.1) is 11.3 Å². The average Bonchev–Trinajstić information content (AvgIpc) is 3.10. The number of carbonyl (C=O) groups excluding carboxylic acids is 2. The number of allylic oxidation sites excluding steroid dienone is 1. The van der Waals surface area contributed by atoms with E-state index >= 15 is 0 Å². The van der Waals surface area contributed by atoms with Crippen LogP contribution < -0.4 is 10.2 Å². The highest BCUT2D eigenvalue weighted by molar-refractivity contribution is 6.41. The van der Waals surface area contributed by atoms with Crippen LogP contribution in [0, 0.1) is 17.7 Å². The smallest absolute Gasteiger partial charge is 0.333 e. The standard InChI is InChI=1S/C26H29FN2O3/c1-2-3-6-17-9-11-18(12-10-17)24(30)23-21-7-4-5-8-22(21)29(25(23)31)26(32)28-20-15-13-19(27)14-16-20/h4-5,7-8,13-18,30H,2-3,6,9-12H2,1H3,(H,28,32). The normalized spacial score (nSPS) is 21.9. The van der Waals surface area contributed by atoms with Crippen LogP contribution in [0.3, 0.4) is 0 Å². The van der Waals surface area contributed by atoms with Crippen LogP contribution in [0.4, 0.5) is 20.6 Å². The van der Waals surface area contributed by atoms with Gasteiger partial charge >= 0.3 is 6.03 Å². The highest BCUT2D eigenvalue weighted by Crippen LogP contribution is 2.43. The van der Waals surface area contributed by atoms with E-state index in [0.29, 0.717) is 22.9 Å². The van der Waals surface area contributed by atoms with Gasteiger partial charge in [-0.25, -0.2) is 14.1 Å². The summed E-state index contributed by atoms with van der Waals surface area (Å²) in [5.74, 6) is -0.233. The predicted octanol–water partition coefficient (Wildman–Crippen LogP) is 6.67. The van der Waals surface area contributed by atoms with Crippen LogP contribution in [-0.2, 0) is 4.79 Å². The van der Waals surface area contributed by atoms with Gasteiger partial charge in [-0.2, -0.15) is 0 Å². The lowest BCUT2D eigenvalue weighted by Crippen LogP contribution is -2.37. The van der Waals surface area contributed by atoms with Crippen LogP contribution in [0.25, 0.3) is 5.57 Å². The zero-order valence-corrected chi connectivity index (χ0v) is 18.3. The largest absolute Gasteiger partial charge is 0.511 e. The zero-order chi connectivity index (χ0) is 22.7. The van der Waals surface area contributed by atoms with Gasteiger partial charge < -0.3 is 10.4 Å². The Balaban J connectivity index is 1.57. The minimum Gasteiger partial charge on any atom is -0.511 e. The highest BCUT2D eigenvalue weighted by atomic mass is 19.1. The molecule has 2 aliphatic rings. The van der Waals surface area contributed by atoms with Gasteiger partial charge in [0, 0.05) is 17.2 Å². The van der Waals surface area contributed by atoms with Crippen molar-refractivity contribution in [1.82, 2.24) is 0 Å². The summed E-state index contributed by atoms with van der Waals surface area (Å²) in [4.78, 5) is 27.3. The molecule has 2 aromatic rings. The Kier molecular flexibility index (Phi) is 6.58. The van der Waals surface area contributed by atoms with Crippen LogP contribution in [-0.4, -0.2) is 17.0 Å². The van der Waals surface area contributed by atoms with Gasteiger partial charge in [-0.3, -0.25) is 4.79 Å². The number of carbonyl (C=O) groups is 2. The molecule has 1 saturated carbocycles. The molecular formula is C26H29FN2O3. The summed E-state index contributed by atoms with van der Waals surface area (Å²) in [5.41, 5.74) is 1.60. The number of aliphatic hydroxyl groups excluding tert-OH is 1. The third-order valence-electron chi connectivity index (χ3n) is 6.59. The lowest BCUT2D eigenvalue weighted by molar-refractivity contribution is -0.112. The Bertz CT molecular complexity index is 1020. The molecule has 2 N–H and O–H groups in total. The van der Waals surface area contributed by atoms with Crippen LogP contribution in [0.5, 0.6) is 0 Å². The summed E-state index contributed by atoms with van der Waals surface area (Å²) in [6, 6.07) is 11.7. The fraction of sp³-hybridized carbons (Fsp3) is 0.385. The molecule has 1 heterocycles. The maximum Gasteiger partial charge on any atom is 0.333 e. The molecule has 0 unspecified atom stereocenters. The number of imide groups is 1. The molecular weight excluding hydrogens is 407 g/mol. The van der Waals surface area contributed by atoms with Crippen molar-refractivity contribution in [3.05, 3.63) is 65.7 Å². The van der Waals surface area contributed by atoms with E-state index in [1.807, 2.05) is 0 Å². The molecule has 3 amide bonds. The zero-order valence-electron chi connectivity index (χ0n) is 18.3. The van der Waals surface area contributed by atoms with Gasteiger partial charge in [0.2, 0.25) is 0 Å². The first kappa shape index (κ1) is 22.1. The van der Waals surface area contributed by atoms with Crippen LogP contribution in [0.15, 0.2) is 54.3 Å². The Hall–Kier alpha value is -3.15. The number of hydrogen-bond donors (Lipinski definition) is 2. The van der Waals surface area contributed by atoms with Crippen molar-refractivity contribution < 1.29 is 19.1 Å². The number of amides is 3. The predicted molar refractivity (Wildman–Crippen MR) is 124 cm³/mol. The van der Waals surface area contributed by atoms with Gasteiger partial charge in [0.25, 0.3) is 5.91 Å². The molecule has 0 radical (unpaired) electrons. The molecule has 1 fully saturated rings. The van der Waals surface area contributed by atoms with Gasteiger partial charge in [-0.05, 0) is 61.9 Å². The minimum absolute atomic E-state index is 0.0695. The van der Waals surface area contributed by atoms with Crippen LogP contribution in [0.2, 0.25) is 0 Å². The van der Waals surface area contributed by atoms with Gasteiger partial charge in [0.15, 0.2) is 0 Å². The second-order valence-corrected chi connectivity index (χ2v) is 8.71. The Morgan fingerprint density at radius 1 is 1.09 bits per heavy atom. The number of nitrogens with one attached hydrogen (secondary N) is 1. The summed E-state index contributed by atoms with van der Waals surface area (Å²) >= 11 is 0. The van der Waals surface area contributed by atoms with Crippen LogP contribution in [0.1, 0.15) is 57.4 Å². The summed E-state index contributed by atoms with van der Waals surface area (Å²) in [7, 11) is 0. The molecule has 2 aromatic carbocycles. The molecule has 168 valence electrons. The van der Waals surface area contributed by atoms with Crippen molar-refractivity contribution in [1.29, 1.82) is 0 Å². The maximum atomic E-state index is 13.3. The molecule has 32 heavy (non-hydrogen) atoms. The Morgan fingerprint density at radius 2 is 1.78 bits per heavy atom. The molecule has 0 atom stereocenters. The summed E-state index contributed by atoms with van der Waals surface area (Å²) in [6.45, 7) is 2.20. The second kappa shape index (κ2) is 9.55. The maximum absolute atomic E-state index is 13.3. The highest BCUT2D eigenvalue weighted by Gasteiger charge is 2.40. The number of fused-ring (bicyclic) bond motifs is 1. The van der Waals surface area contributed by atoms with E-state index in [1.165, 1.54) is 43.5 Å². The molecule has 0 saturated heterocycles. The monoisotopic (exact) mass is 436 g/mol. The van der Waals surface area contributed by atoms with Crippen molar-refractivity contribution in [2.45, 2.75) is 51.9 Å². The van der Waals surface area contributed by atoms with Crippen molar-refractivity contribution >= 4 is 28.9 Å². The number of rotatable bonds is 5. The second-order valence-electron chi connectivity index (χ2n) is 8.71. The van der Waals surface area contributed by atoms with Gasteiger partial charge in [-0.1, -0.05) is 44.4 Å². The Morgan fingerprint density at radius 3 is 2.47 bits per heavy atom. The molecule has 6 heteroatoms. The topological polar surface area (TPSA) is 69.6 Å². The first-order valence-corrected chi connectivity index (χ1v) is 11.4. The van der Waals surface area contributed by atoms with E-state index in [0.717, 1.165) is 30.6 Å². The van der Waals surface area contributed by atoms with Gasteiger partial charge in [0.1, 0.15) is 11.6 Å². The summed E-state index contributed by atoms with van der Waals surface area (Å²) in [5, 5.41) is 13.8. The fourth-order valence-corrected chi connectivity index (χ4v) is 4.80. The SMILES string of the molecule is CCCCC1CCC(C(O)=C2C(=O)N(C(=O)Nc3ccc(F)cc3)c3ccccc32)CC1. The number of hydrogen-bond acceptors (Lipinski definition) is 3. The molecule has 4 rings (SSSR count). The van der Waals surface area contributed by atoms with Crippen molar-refractivity contribution in [3.63, 3.8) is 0 Å². The quantitative estimate of drug-likeness (QED) is 0.406. The van der Waals surface area contributed by atoms with Gasteiger partial charge in [-0.15, -0.1) is 0 Å². The number of aliphatic hydroxyl groups is 1. The van der Waals surface area contributed by atoms with E-state index in [2.05, 4.69) is 12.2 Å². The van der Waals surface area contributed by atoms with E-state index in [4.69, 9.17) is 0 Å². The molecule has 1 aliphatic heterocycles. The van der Waals surface area contributed by atoms with E-state index < -0.39 is 17.8 Å². The van der Waals surface area contributed by atoms with Crippen LogP contribution >= 0.6 is 0 Å². The number of anilines is 2. The van der Waals surface area contributed by atoms with Crippen molar-refractivity contribution in [3.8, 4) is 0 Å². The lowest BCUT2D eigenvalue weighted by Gasteiger charge is -2.28. The third kappa shape index (κ3) is 4.40. The average molecular weight is 437 g/mol. The number of benzene rings is 2. The lowest BCUT2D eigenvalue weighted by atomic mass is 9.78. The number of nitrogens with zero attached hydrogens (tertiary/aromatic N) is 1. The molecule has 0 spiro atoms. The van der Waals surface area contributed by atoms with Crippen molar-refractivity contribution in [2.75, 3.05) is 10.2 Å². The van der Waals surface area contributed by atoms with E-state index in [-0.39, 0.29) is 17.3 Å². The van der Waals surface area contributed by atoms with Crippen molar-refractivity contribution in [2.24, 2.45) is 11.8 Å². The number of urea groups is 1. The Labute approximate surface area is 187 Å². The molecule has 0 bridgehead atoms. The van der Waals surface area contributed by atoms with E-state index in [1.54, 1.807) is 24.3 Å². The first-order chi connectivity index (χ1) is 15.5. The number of para-hydroxylation sites is 1.